The zero-order valence-electron chi connectivity index (χ0n) is 16.2. The van der Waals surface area contributed by atoms with Crippen molar-refractivity contribution < 1.29 is 24.2 Å². The van der Waals surface area contributed by atoms with Gasteiger partial charge in [-0.2, -0.15) is 0 Å². The monoisotopic (exact) mass is 363 g/mol. The molecule has 1 aliphatic rings. The summed E-state index contributed by atoms with van der Waals surface area (Å²) in [6, 6.07) is 5.68. The number of carbonyl (C=O) groups excluding carboxylic acids is 1. The molecule has 26 heavy (non-hydrogen) atoms. The summed E-state index contributed by atoms with van der Waals surface area (Å²) in [7, 11) is 3.18. The zero-order chi connectivity index (χ0) is 19.5. The third-order valence-corrected chi connectivity index (χ3v) is 6.17. The second kappa shape index (κ2) is 7.56. The molecule has 2 rings (SSSR count). The smallest absolute Gasteiger partial charge is 0.307 e. The minimum Gasteiger partial charge on any atom is -0.493 e. The molecule has 6 nitrogen and oxygen atoms in total. The quantitative estimate of drug-likeness (QED) is 0.778. The Morgan fingerprint density at radius 1 is 1.19 bits per heavy atom. The predicted octanol–water partition coefficient (Wildman–Crippen LogP) is 2.89. The number of rotatable bonds is 7. The molecule has 0 heterocycles. The van der Waals surface area contributed by atoms with E-state index in [1.54, 1.807) is 14.2 Å². The fourth-order valence-corrected chi connectivity index (χ4v) is 3.89. The second-order valence-corrected chi connectivity index (χ2v) is 7.68. The molecule has 1 amide bonds. The minimum atomic E-state index is -0.822. The first-order valence-corrected chi connectivity index (χ1v) is 8.89. The van der Waals surface area contributed by atoms with E-state index in [-0.39, 0.29) is 5.91 Å². The lowest BCUT2D eigenvalue weighted by Crippen LogP contribution is -2.48. The van der Waals surface area contributed by atoms with Gasteiger partial charge in [-0.1, -0.05) is 26.8 Å². The van der Waals surface area contributed by atoms with Gasteiger partial charge in [-0.3, -0.25) is 9.59 Å². The molecule has 2 atom stereocenters. The Morgan fingerprint density at radius 3 is 2.38 bits per heavy atom. The molecular formula is C20H29NO5. The predicted molar refractivity (Wildman–Crippen MR) is 98.5 cm³/mol. The molecule has 1 saturated carbocycles. The number of carboxylic acid groups (broad SMARTS) is 1. The summed E-state index contributed by atoms with van der Waals surface area (Å²) >= 11 is 0. The van der Waals surface area contributed by atoms with Crippen LogP contribution < -0.4 is 14.8 Å². The molecule has 2 N–H and O–H groups in total. The van der Waals surface area contributed by atoms with Crippen molar-refractivity contribution in [1.29, 1.82) is 0 Å². The Hall–Kier alpha value is -2.24. The molecule has 0 bridgehead atoms. The number of amides is 1. The topological polar surface area (TPSA) is 84.9 Å². The molecule has 6 heteroatoms. The van der Waals surface area contributed by atoms with E-state index in [0.717, 1.165) is 5.56 Å². The van der Waals surface area contributed by atoms with Gasteiger partial charge in [0.25, 0.3) is 0 Å². The van der Waals surface area contributed by atoms with Crippen LogP contribution in [0.3, 0.4) is 0 Å². The molecule has 0 unspecified atom stereocenters. The third-order valence-electron chi connectivity index (χ3n) is 6.17. The normalized spacial score (nSPS) is 24.1. The second-order valence-electron chi connectivity index (χ2n) is 7.68. The molecule has 1 fully saturated rings. The molecule has 0 aromatic heterocycles. The van der Waals surface area contributed by atoms with Crippen molar-refractivity contribution in [3.63, 3.8) is 0 Å². The Labute approximate surface area is 154 Å². The Bertz CT molecular complexity index is 685. The van der Waals surface area contributed by atoms with Crippen molar-refractivity contribution in [2.45, 2.75) is 40.0 Å². The minimum absolute atomic E-state index is 0.0771. The van der Waals surface area contributed by atoms with Crippen molar-refractivity contribution in [2.75, 3.05) is 20.8 Å². The van der Waals surface area contributed by atoms with Gasteiger partial charge in [0.2, 0.25) is 5.91 Å². The molecular weight excluding hydrogens is 334 g/mol. The van der Waals surface area contributed by atoms with E-state index in [1.807, 2.05) is 39.0 Å². The molecule has 1 aromatic rings. The van der Waals surface area contributed by atoms with Gasteiger partial charge in [-0.25, -0.2) is 0 Å². The highest BCUT2D eigenvalue weighted by Gasteiger charge is 2.58. The fraction of sp³-hybridized carbons (Fsp3) is 0.600. The summed E-state index contributed by atoms with van der Waals surface area (Å²) in [4.78, 5) is 24.3. The van der Waals surface area contributed by atoms with E-state index in [1.165, 1.54) is 0 Å². The average molecular weight is 363 g/mol. The van der Waals surface area contributed by atoms with Crippen LogP contribution in [0.25, 0.3) is 0 Å². The lowest BCUT2D eigenvalue weighted by molar-refractivity contribution is -0.148. The maximum Gasteiger partial charge on any atom is 0.307 e. The van der Waals surface area contributed by atoms with E-state index in [2.05, 4.69) is 5.32 Å². The van der Waals surface area contributed by atoms with Crippen LogP contribution in [0.1, 0.15) is 39.2 Å². The summed E-state index contributed by atoms with van der Waals surface area (Å²) in [5, 5.41) is 12.4. The van der Waals surface area contributed by atoms with Gasteiger partial charge < -0.3 is 19.9 Å². The van der Waals surface area contributed by atoms with Crippen LogP contribution in [0, 0.1) is 16.7 Å². The molecule has 0 spiro atoms. The van der Waals surface area contributed by atoms with Gasteiger partial charge in [0.05, 0.1) is 25.6 Å². The van der Waals surface area contributed by atoms with E-state index in [0.29, 0.717) is 37.3 Å². The maximum atomic E-state index is 12.8. The zero-order valence-corrected chi connectivity index (χ0v) is 16.2. The number of hydrogen-bond acceptors (Lipinski definition) is 4. The third kappa shape index (κ3) is 3.50. The number of hydrogen-bond donors (Lipinski definition) is 2. The Morgan fingerprint density at radius 2 is 1.85 bits per heavy atom. The van der Waals surface area contributed by atoms with Crippen LogP contribution in [0.4, 0.5) is 0 Å². The number of nitrogens with one attached hydrogen (secondary N) is 1. The molecule has 0 radical (unpaired) electrons. The van der Waals surface area contributed by atoms with E-state index < -0.39 is 22.7 Å². The number of benzene rings is 1. The fourth-order valence-electron chi connectivity index (χ4n) is 3.89. The first kappa shape index (κ1) is 20.1. The highest BCUT2D eigenvalue weighted by Crippen LogP contribution is 2.56. The van der Waals surface area contributed by atoms with Gasteiger partial charge in [0.15, 0.2) is 11.5 Å². The van der Waals surface area contributed by atoms with Crippen molar-refractivity contribution in [3.8, 4) is 11.5 Å². The lowest BCUT2D eigenvalue weighted by atomic mass is 9.65. The summed E-state index contributed by atoms with van der Waals surface area (Å²) in [6.07, 6.45) is 1.77. The van der Waals surface area contributed by atoms with Crippen LogP contribution in [-0.2, 0) is 16.0 Å². The molecule has 0 aliphatic heterocycles. The van der Waals surface area contributed by atoms with Crippen LogP contribution >= 0.6 is 0 Å². The molecule has 1 aliphatic carbocycles. The Kier molecular flexibility index (Phi) is 5.84. The van der Waals surface area contributed by atoms with Crippen molar-refractivity contribution in [1.82, 2.24) is 5.32 Å². The number of carboxylic acids is 1. The van der Waals surface area contributed by atoms with Crippen molar-refractivity contribution in [2.24, 2.45) is 16.7 Å². The summed E-state index contributed by atoms with van der Waals surface area (Å²) < 4.78 is 10.5. The number of carbonyl (C=O) groups is 2. The number of methoxy groups -OCH3 is 2. The number of ether oxygens (including phenoxy) is 2. The van der Waals surface area contributed by atoms with E-state index >= 15 is 0 Å². The SMILES string of the molecule is COc1ccc(CCNC(=O)[C@@]2(C)CC[C@@H](C(=O)O)C2(C)C)cc1OC. The van der Waals surface area contributed by atoms with Gasteiger partial charge in [0, 0.05) is 6.54 Å². The van der Waals surface area contributed by atoms with Crippen molar-refractivity contribution >= 4 is 11.9 Å². The van der Waals surface area contributed by atoms with E-state index in [4.69, 9.17) is 9.47 Å². The van der Waals surface area contributed by atoms with Crippen LogP contribution in [0.5, 0.6) is 11.5 Å². The summed E-state index contributed by atoms with van der Waals surface area (Å²) in [5.41, 5.74) is -0.248. The highest BCUT2D eigenvalue weighted by atomic mass is 16.5. The number of aliphatic carboxylic acids is 1. The standard InChI is InChI=1S/C20H29NO5/c1-19(2)14(17(22)23)8-10-20(19,3)18(24)21-11-9-13-6-7-15(25-4)16(12-13)26-5/h6-7,12,14H,8-11H2,1-5H3,(H,21,24)(H,22,23)/t14-,20+/m0/s1. The largest absolute Gasteiger partial charge is 0.493 e. The molecule has 144 valence electrons. The molecule has 0 saturated heterocycles. The lowest BCUT2D eigenvalue weighted by Gasteiger charge is -2.39. The summed E-state index contributed by atoms with van der Waals surface area (Å²) in [5.74, 6) is -0.0718. The van der Waals surface area contributed by atoms with Crippen LogP contribution in [0.2, 0.25) is 0 Å². The average Bonchev–Trinajstić information content (AvgIpc) is 2.85. The van der Waals surface area contributed by atoms with Gasteiger partial charge >= 0.3 is 5.97 Å². The van der Waals surface area contributed by atoms with E-state index in [9.17, 15) is 14.7 Å². The van der Waals surface area contributed by atoms with Gasteiger partial charge in [-0.05, 0) is 42.4 Å². The maximum absolute atomic E-state index is 12.8. The highest BCUT2D eigenvalue weighted by molar-refractivity contribution is 5.85. The van der Waals surface area contributed by atoms with Gasteiger partial charge in [-0.15, -0.1) is 0 Å². The molecule has 1 aromatic carbocycles. The van der Waals surface area contributed by atoms with Crippen molar-refractivity contribution in [3.05, 3.63) is 23.8 Å². The first-order valence-electron chi connectivity index (χ1n) is 8.89. The van der Waals surface area contributed by atoms with Gasteiger partial charge in [0.1, 0.15) is 0 Å². The van der Waals surface area contributed by atoms with Crippen LogP contribution in [-0.4, -0.2) is 37.7 Å². The first-order chi connectivity index (χ1) is 12.2. The Balaban J connectivity index is 2.00. The summed E-state index contributed by atoms with van der Waals surface area (Å²) in [6.45, 7) is 6.12. The van der Waals surface area contributed by atoms with Crippen LogP contribution in [0.15, 0.2) is 18.2 Å².